The highest BCUT2D eigenvalue weighted by atomic mass is 32.1. The predicted octanol–water partition coefficient (Wildman–Crippen LogP) is 3.07. The summed E-state index contributed by atoms with van der Waals surface area (Å²) >= 11 is 1.69. The molecule has 1 saturated carbocycles. The summed E-state index contributed by atoms with van der Waals surface area (Å²) in [7, 11) is 3.74. The summed E-state index contributed by atoms with van der Waals surface area (Å²) in [5, 5.41) is 14.8. The molecule has 174 valence electrons. The van der Waals surface area contributed by atoms with Crippen molar-refractivity contribution in [2.45, 2.75) is 37.3 Å². The summed E-state index contributed by atoms with van der Waals surface area (Å²) in [6, 6.07) is 5.92. The Bertz CT molecular complexity index is 1190. The monoisotopic (exact) mass is 466 g/mol. The Hall–Kier alpha value is -2.42. The van der Waals surface area contributed by atoms with E-state index in [1.807, 2.05) is 22.5 Å². The lowest BCUT2D eigenvalue weighted by molar-refractivity contribution is -0.139. The van der Waals surface area contributed by atoms with Crippen molar-refractivity contribution in [3.05, 3.63) is 46.0 Å². The van der Waals surface area contributed by atoms with E-state index in [0.29, 0.717) is 18.9 Å². The fourth-order valence-corrected chi connectivity index (χ4v) is 6.67. The van der Waals surface area contributed by atoms with Crippen LogP contribution in [-0.4, -0.2) is 63.7 Å². The number of aryl methyl sites for hydroxylation is 1. The predicted molar refractivity (Wildman–Crippen MR) is 127 cm³/mol. The Morgan fingerprint density at radius 3 is 2.79 bits per heavy atom. The normalized spacial score (nSPS) is 21.9. The Kier molecular flexibility index (Phi) is 5.01. The number of hydrogen-bond donors (Lipinski definition) is 1. The summed E-state index contributed by atoms with van der Waals surface area (Å²) in [4.78, 5) is 22.3. The number of hydrogen-bond acceptors (Lipinski definition) is 6. The molecular formula is C25H30N4O3S. The van der Waals surface area contributed by atoms with Crippen molar-refractivity contribution in [1.29, 1.82) is 0 Å². The fraction of sp³-hybridized carbons (Fsp3) is 0.520. The molecule has 1 amide bonds. The number of methoxy groups -OCH3 is 1. The molecule has 2 aliphatic heterocycles. The number of rotatable bonds is 6. The third-order valence-electron chi connectivity index (χ3n) is 7.70. The standard InChI is InChI=1S/C25H30N4O3S/c1-27-19-10-17(32-2)5-6-18(19)23-24(27)20(12-30)29(22(31)9-16-3-4-16)15-25(23)13-28(14-25)11-21-26-7-8-33-21/h5-8,10,16,20,30H,3-4,9,11-15H2,1-2H3/t20-/m1/s1. The number of carbonyl (C=O) groups excluding carboxylic acids is 1. The second-order valence-corrected chi connectivity index (χ2v) is 10.9. The van der Waals surface area contributed by atoms with E-state index in [4.69, 9.17) is 4.74 Å². The van der Waals surface area contributed by atoms with Gasteiger partial charge in [-0.25, -0.2) is 4.98 Å². The molecule has 1 atom stereocenters. The zero-order chi connectivity index (χ0) is 22.7. The molecule has 3 aromatic rings. The SMILES string of the molecule is COc1ccc2c3c(n(C)c2c1)[C@@H](CO)N(C(=O)CC1CC1)CC31CN(Cc2nccs2)C1. The van der Waals surface area contributed by atoms with Gasteiger partial charge in [-0.3, -0.25) is 9.69 Å². The van der Waals surface area contributed by atoms with Crippen LogP contribution in [0.25, 0.3) is 10.9 Å². The second-order valence-electron chi connectivity index (χ2n) is 9.92. The number of nitrogens with zero attached hydrogens (tertiary/aromatic N) is 4. The van der Waals surface area contributed by atoms with E-state index in [0.717, 1.165) is 54.4 Å². The second kappa shape index (κ2) is 7.82. The van der Waals surface area contributed by atoms with Gasteiger partial charge in [0.1, 0.15) is 10.8 Å². The van der Waals surface area contributed by atoms with Crippen molar-refractivity contribution in [2.24, 2.45) is 13.0 Å². The summed E-state index contributed by atoms with van der Waals surface area (Å²) in [6.07, 6.45) is 4.75. The van der Waals surface area contributed by atoms with Crippen molar-refractivity contribution >= 4 is 28.1 Å². The fourth-order valence-electron chi connectivity index (χ4n) is 6.01. The van der Waals surface area contributed by atoms with Crippen molar-refractivity contribution < 1.29 is 14.6 Å². The van der Waals surface area contributed by atoms with Gasteiger partial charge in [0, 0.05) is 67.2 Å². The molecule has 1 spiro atoms. The molecule has 8 heteroatoms. The van der Waals surface area contributed by atoms with Crippen LogP contribution in [0, 0.1) is 5.92 Å². The largest absolute Gasteiger partial charge is 0.497 e. The van der Waals surface area contributed by atoms with Crippen molar-refractivity contribution in [1.82, 2.24) is 19.4 Å². The van der Waals surface area contributed by atoms with Gasteiger partial charge >= 0.3 is 0 Å². The van der Waals surface area contributed by atoms with Crippen LogP contribution in [0.4, 0.5) is 0 Å². The number of aliphatic hydroxyl groups excluding tert-OH is 1. The van der Waals surface area contributed by atoms with Gasteiger partial charge in [-0.05, 0) is 36.5 Å². The van der Waals surface area contributed by atoms with E-state index in [9.17, 15) is 9.90 Å². The first-order valence-corrected chi connectivity index (χ1v) is 12.6. The summed E-state index contributed by atoms with van der Waals surface area (Å²) in [5.74, 6) is 1.52. The molecule has 3 aliphatic rings. The molecule has 1 saturated heterocycles. The maximum Gasteiger partial charge on any atom is 0.223 e. The van der Waals surface area contributed by atoms with Gasteiger partial charge in [0.05, 0.1) is 31.8 Å². The van der Waals surface area contributed by atoms with E-state index in [1.54, 1.807) is 18.4 Å². The highest BCUT2D eigenvalue weighted by Gasteiger charge is 2.54. The molecule has 2 fully saturated rings. The number of ether oxygens (including phenoxy) is 1. The number of carbonyl (C=O) groups is 1. The van der Waals surface area contributed by atoms with Crippen LogP contribution in [0.3, 0.4) is 0 Å². The first kappa shape index (κ1) is 21.1. The summed E-state index contributed by atoms with van der Waals surface area (Å²) < 4.78 is 7.68. The van der Waals surface area contributed by atoms with Gasteiger partial charge < -0.3 is 19.3 Å². The first-order valence-electron chi connectivity index (χ1n) is 11.7. The van der Waals surface area contributed by atoms with Crippen LogP contribution in [0.5, 0.6) is 5.75 Å². The number of aromatic nitrogens is 2. The zero-order valence-electron chi connectivity index (χ0n) is 19.2. The average Bonchev–Trinajstić information content (AvgIpc) is 3.37. The van der Waals surface area contributed by atoms with Crippen molar-refractivity contribution in [3.63, 3.8) is 0 Å². The van der Waals surface area contributed by atoms with Crippen LogP contribution >= 0.6 is 11.3 Å². The average molecular weight is 467 g/mol. The van der Waals surface area contributed by atoms with E-state index in [1.165, 1.54) is 10.9 Å². The molecule has 0 radical (unpaired) electrons. The maximum atomic E-state index is 13.4. The van der Waals surface area contributed by atoms with Crippen LogP contribution in [0.1, 0.15) is 41.6 Å². The molecule has 33 heavy (non-hydrogen) atoms. The minimum absolute atomic E-state index is 0.0659. The lowest BCUT2D eigenvalue weighted by Crippen LogP contribution is -2.66. The smallest absolute Gasteiger partial charge is 0.223 e. The Morgan fingerprint density at radius 2 is 2.12 bits per heavy atom. The van der Waals surface area contributed by atoms with Crippen molar-refractivity contribution in [3.8, 4) is 5.75 Å². The van der Waals surface area contributed by atoms with Gasteiger partial charge in [-0.15, -0.1) is 11.3 Å². The molecule has 2 aromatic heterocycles. The zero-order valence-corrected chi connectivity index (χ0v) is 20.0. The number of aliphatic hydroxyl groups is 1. The highest BCUT2D eigenvalue weighted by Crippen LogP contribution is 2.50. The molecule has 1 N–H and O–H groups in total. The van der Waals surface area contributed by atoms with Crippen LogP contribution in [-0.2, 0) is 23.8 Å². The van der Waals surface area contributed by atoms with E-state index < -0.39 is 0 Å². The van der Waals surface area contributed by atoms with Crippen LogP contribution in [0.15, 0.2) is 29.8 Å². The van der Waals surface area contributed by atoms with Crippen LogP contribution < -0.4 is 4.74 Å². The van der Waals surface area contributed by atoms with E-state index >= 15 is 0 Å². The first-order chi connectivity index (χ1) is 16.0. The highest BCUT2D eigenvalue weighted by molar-refractivity contribution is 7.09. The van der Waals surface area contributed by atoms with Gasteiger partial charge in [0.2, 0.25) is 5.91 Å². The van der Waals surface area contributed by atoms with Crippen molar-refractivity contribution in [2.75, 3.05) is 33.4 Å². The van der Waals surface area contributed by atoms with Gasteiger partial charge in [0.15, 0.2) is 0 Å². The number of benzene rings is 1. The summed E-state index contributed by atoms with van der Waals surface area (Å²) in [5.41, 5.74) is 3.33. The minimum atomic E-state index is -0.312. The topological polar surface area (TPSA) is 70.8 Å². The summed E-state index contributed by atoms with van der Waals surface area (Å²) in [6.45, 7) is 3.21. The molecule has 0 bridgehead atoms. The third kappa shape index (κ3) is 3.38. The maximum absolute atomic E-state index is 13.4. The number of amides is 1. The molecule has 0 unspecified atom stereocenters. The quantitative estimate of drug-likeness (QED) is 0.605. The number of likely N-dealkylation sites (tertiary alicyclic amines) is 1. The molecule has 1 aromatic carbocycles. The lowest BCUT2D eigenvalue weighted by atomic mass is 9.68. The molecule has 4 heterocycles. The van der Waals surface area contributed by atoms with E-state index in [-0.39, 0.29) is 24.0 Å². The van der Waals surface area contributed by atoms with Gasteiger partial charge in [-0.2, -0.15) is 0 Å². The number of fused-ring (bicyclic) bond motifs is 4. The van der Waals surface area contributed by atoms with E-state index in [2.05, 4.69) is 33.6 Å². The van der Waals surface area contributed by atoms with Crippen LogP contribution in [0.2, 0.25) is 0 Å². The number of thiazole rings is 1. The Morgan fingerprint density at radius 1 is 1.30 bits per heavy atom. The molecule has 7 nitrogen and oxygen atoms in total. The Balaban J connectivity index is 1.44. The van der Waals surface area contributed by atoms with Gasteiger partial charge in [-0.1, -0.05) is 0 Å². The lowest BCUT2D eigenvalue weighted by Gasteiger charge is -2.56. The Labute approximate surface area is 197 Å². The molecule has 6 rings (SSSR count). The molecular weight excluding hydrogens is 436 g/mol. The molecule has 1 aliphatic carbocycles. The minimum Gasteiger partial charge on any atom is -0.497 e. The van der Waals surface area contributed by atoms with Gasteiger partial charge in [0.25, 0.3) is 0 Å². The third-order valence-corrected chi connectivity index (χ3v) is 8.46.